The third-order valence-corrected chi connectivity index (χ3v) is 5.30. The van der Waals surface area contributed by atoms with Gasteiger partial charge in [0.15, 0.2) is 6.61 Å². The summed E-state index contributed by atoms with van der Waals surface area (Å²) in [6.45, 7) is 4.45. The number of aliphatic imine (C=N–C) groups is 1. The number of nitrogens with zero attached hydrogens (tertiary/aromatic N) is 2. The summed E-state index contributed by atoms with van der Waals surface area (Å²) in [4.78, 5) is 18.5. The van der Waals surface area contributed by atoms with Gasteiger partial charge in [-0.05, 0) is 70.4 Å². The van der Waals surface area contributed by atoms with Crippen LogP contribution in [0.25, 0.3) is 0 Å². The molecule has 7 heteroatoms. The Morgan fingerprint density at radius 3 is 2.70 bits per heavy atom. The van der Waals surface area contributed by atoms with Crippen molar-refractivity contribution < 1.29 is 14.3 Å². The van der Waals surface area contributed by atoms with E-state index in [9.17, 15) is 4.79 Å². The smallest absolute Gasteiger partial charge is 0.260 e. The van der Waals surface area contributed by atoms with Crippen LogP contribution >= 0.6 is 31.9 Å². The first-order valence-corrected chi connectivity index (χ1v) is 10.2. The Kier molecular flexibility index (Phi) is 7.04. The third-order valence-electron chi connectivity index (χ3n) is 4.18. The number of morpholine rings is 1. The highest BCUT2D eigenvalue weighted by Crippen LogP contribution is 2.27. The second-order valence-corrected chi connectivity index (χ2v) is 7.93. The van der Waals surface area contributed by atoms with Gasteiger partial charge in [-0.2, -0.15) is 0 Å². The van der Waals surface area contributed by atoms with Gasteiger partial charge >= 0.3 is 0 Å². The molecule has 0 saturated carbocycles. The summed E-state index contributed by atoms with van der Waals surface area (Å²) < 4.78 is 12.8. The van der Waals surface area contributed by atoms with E-state index in [4.69, 9.17) is 9.47 Å². The van der Waals surface area contributed by atoms with E-state index in [-0.39, 0.29) is 12.5 Å². The third kappa shape index (κ3) is 5.64. The number of halogens is 2. The molecular formula is C20H20Br2N2O3. The maximum Gasteiger partial charge on any atom is 0.260 e. The molecule has 1 heterocycles. The minimum absolute atomic E-state index is 0.0180. The lowest BCUT2D eigenvalue weighted by molar-refractivity contribution is -0.137. The topological polar surface area (TPSA) is 51.1 Å². The van der Waals surface area contributed by atoms with Gasteiger partial charge in [0.05, 0.1) is 23.4 Å². The lowest BCUT2D eigenvalue weighted by atomic mass is 10.2. The highest BCUT2D eigenvalue weighted by Gasteiger charge is 2.17. The lowest BCUT2D eigenvalue weighted by Crippen LogP contribution is -2.43. The van der Waals surface area contributed by atoms with Crippen LogP contribution in [0.4, 0.5) is 5.69 Å². The molecule has 1 saturated heterocycles. The monoisotopic (exact) mass is 494 g/mol. The molecule has 0 unspecified atom stereocenters. The Hall–Kier alpha value is -1.70. The van der Waals surface area contributed by atoms with Crippen LogP contribution in [-0.2, 0) is 9.53 Å². The van der Waals surface area contributed by atoms with Crippen molar-refractivity contribution in [1.29, 1.82) is 0 Å². The summed E-state index contributed by atoms with van der Waals surface area (Å²) in [5.41, 5.74) is 2.96. The van der Waals surface area contributed by atoms with Crippen molar-refractivity contribution in [2.24, 2.45) is 4.99 Å². The van der Waals surface area contributed by atoms with Gasteiger partial charge < -0.3 is 14.4 Å². The number of amides is 1. The van der Waals surface area contributed by atoms with Gasteiger partial charge in [0.1, 0.15) is 5.75 Å². The van der Waals surface area contributed by atoms with Crippen LogP contribution in [0.15, 0.2) is 50.3 Å². The van der Waals surface area contributed by atoms with E-state index in [1.165, 1.54) is 0 Å². The van der Waals surface area contributed by atoms with E-state index >= 15 is 0 Å². The standard InChI is InChI=1S/C20H20Br2N2O3/c1-14-10-16(21)3-4-18(14)23-12-15-2-5-19(17(22)11-15)27-13-20(25)24-6-8-26-9-7-24/h2-5,10-12H,6-9,13H2,1H3. The lowest BCUT2D eigenvalue weighted by Gasteiger charge is -2.26. The first kappa shape index (κ1) is 20.0. The van der Waals surface area contributed by atoms with Crippen molar-refractivity contribution in [3.8, 4) is 5.75 Å². The van der Waals surface area contributed by atoms with Crippen LogP contribution in [0.1, 0.15) is 11.1 Å². The molecule has 0 aromatic heterocycles. The number of ether oxygens (including phenoxy) is 2. The van der Waals surface area contributed by atoms with Crippen LogP contribution in [0.5, 0.6) is 5.75 Å². The Balaban J connectivity index is 1.61. The number of hydrogen-bond donors (Lipinski definition) is 0. The summed E-state index contributed by atoms with van der Waals surface area (Å²) in [5, 5.41) is 0. The molecule has 5 nitrogen and oxygen atoms in total. The zero-order valence-electron chi connectivity index (χ0n) is 15.0. The summed E-state index contributed by atoms with van der Waals surface area (Å²) in [7, 11) is 0. The molecule has 2 aromatic carbocycles. The van der Waals surface area contributed by atoms with Crippen molar-refractivity contribution >= 4 is 49.7 Å². The fraction of sp³-hybridized carbons (Fsp3) is 0.300. The molecular weight excluding hydrogens is 476 g/mol. The molecule has 1 fully saturated rings. The second kappa shape index (κ2) is 9.48. The van der Waals surface area contributed by atoms with Gasteiger partial charge in [0.25, 0.3) is 5.91 Å². The Morgan fingerprint density at radius 2 is 2.00 bits per heavy atom. The fourth-order valence-corrected chi connectivity index (χ4v) is 3.65. The van der Waals surface area contributed by atoms with Crippen LogP contribution in [-0.4, -0.2) is 49.9 Å². The molecule has 0 spiro atoms. The number of hydrogen-bond acceptors (Lipinski definition) is 4. The Labute approximate surface area is 175 Å². The second-order valence-electron chi connectivity index (χ2n) is 6.16. The van der Waals surface area contributed by atoms with Gasteiger partial charge in [-0.1, -0.05) is 15.9 Å². The van der Waals surface area contributed by atoms with Crippen molar-refractivity contribution in [2.75, 3.05) is 32.9 Å². The minimum Gasteiger partial charge on any atom is -0.483 e. The molecule has 0 atom stereocenters. The largest absolute Gasteiger partial charge is 0.483 e. The van der Waals surface area contributed by atoms with Gasteiger partial charge in [-0.3, -0.25) is 9.79 Å². The van der Waals surface area contributed by atoms with Crippen LogP contribution < -0.4 is 4.74 Å². The molecule has 0 bridgehead atoms. The molecule has 1 aliphatic rings. The van der Waals surface area contributed by atoms with Crippen molar-refractivity contribution in [3.05, 3.63) is 56.5 Å². The normalized spacial score (nSPS) is 14.6. The number of benzene rings is 2. The van der Waals surface area contributed by atoms with E-state index in [1.54, 1.807) is 4.90 Å². The predicted octanol–water partition coefficient (Wildman–Crippen LogP) is 4.51. The van der Waals surface area contributed by atoms with Crippen molar-refractivity contribution in [2.45, 2.75) is 6.92 Å². The van der Waals surface area contributed by atoms with Gasteiger partial charge in [0, 0.05) is 23.8 Å². The van der Waals surface area contributed by atoms with Crippen LogP contribution in [0.2, 0.25) is 0 Å². The minimum atomic E-state index is -0.0263. The molecule has 2 aromatic rings. The average molecular weight is 496 g/mol. The predicted molar refractivity (Wildman–Crippen MR) is 113 cm³/mol. The van der Waals surface area contributed by atoms with E-state index < -0.39 is 0 Å². The highest BCUT2D eigenvalue weighted by molar-refractivity contribution is 9.10. The molecule has 142 valence electrons. The molecule has 0 aliphatic carbocycles. The van der Waals surface area contributed by atoms with Crippen molar-refractivity contribution in [3.63, 3.8) is 0 Å². The molecule has 1 aliphatic heterocycles. The number of carbonyl (C=O) groups is 1. The number of carbonyl (C=O) groups excluding carboxylic acids is 1. The van der Waals surface area contributed by atoms with E-state index in [2.05, 4.69) is 36.9 Å². The quantitative estimate of drug-likeness (QED) is 0.573. The van der Waals surface area contributed by atoms with Crippen LogP contribution in [0, 0.1) is 6.92 Å². The van der Waals surface area contributed by atoms with Crippen molar-refractivity contribution in [1.82, 2.24) is 4.90 Å². The van der Waals surface area contributed by atoms with Gasteiger partial charge in [0.2, 0.25) is 0 Å². The molecule has 3 rings (SSSR count). The first-order valence-electron chi connectivity index (χ1n) is 8.61. The number of aryl methyl sites for hydroxylation is 1. The maximum atomic E-state index is 12.2. The molecule has 1 amide bonds. The zero-order valence-corrected chi connectivity index (χ0v) is 18.1. The summed E-state index contributed by atoms with van der Waals surface area (Å²) >= 11 is 6.96. The summed E-state index contributed by atoms with van der Waals surface area (Å²) in [6, 6.07) is 11.7. The molecule has 0 radical (unpaired) electrons. The summed E-state index contributed by atoms with van der Waals surface area (Å²) in [5.74, 6) is 0.607. The Bertz CT molecular complexity index is 849. The SMILES string of the molecule is Cc1cc(Br)ccc1N=Cc1ccc(OCC(=O)N2CCOCC2)c(Br)c1. The maximum absolute atomic E-state index is 12.2. The van der Waals surface area contributed by atoms with Gasteiger partial charge in [-0.25, -0.2) is 0 Å². The first-order chi connectivity index (χ1) is 13.0. The summed E-state index contributed by atoms with van der Waals surface area (Å²) in [6.07, 6.45) is 1.81. The average Bonchev–Trinajstić information content (AvgIpc) is 2.67. The van der Waals surface area contributed by atoms with Crippen LogP contribution in [0.3, 0.4) is 0 Å². The van der Waals surface area contributed by atoms with Gasteiger partial charge in [-0.15, -0.1) is 0 Å². The highest BCUT2D eigenvalue weighted by atomic mass is 79.9. The van der Waals surface area contributed by atoms with E-state index in [0.29, 0.717) is 32.1 Å². The zero-order chi connectivity index (χ0) is 19.2. The number of rotatable bonds is 5. The fourth-order valence-electron chi connectivity index (χ4n) is 2.67. The Morgan fingerprint density at radius 1 is 1.22 bits per heavy atom. The van der Waals surface area contributed by atoms with E-state index in [1.807, 2.05) is 49.5 Å². The molecule has 27 heavy (non-hydrogen) atoms. The molecule has 0 N–H and O–H groups in total. The van der Waals surface area contributed by atoms with E-state index in [0.717, 1.165) is 25.8 Å².